The lowest BCUT2D eigenvalue weighted by atomic mass is 10.1. The van der Waals surface area contributed by atoms with Crippen LogP contribution in [0.2, 0.25) is 0 Å². The lowest BCUT2D eigenvalue weighted by molar-refractivity contribution is 0.142. The van der Waals surface area contributed by atoms with E-state index in [1.165, 1.54) is 4.90 Å². The molecule has 160 valence electrons. The molecule has 5 heterocycles. The number of piperazine rings is 1. The number of aryl methyl sites for hydroxylation is 1. The Morgan fingerprint density at radius 3 is 2.47 bits per heavy atom. The fourth-order valence-corrected chi connectivity index (χ4v) is 3.99. The molecule has 0 atom stereocenters. The maximum atomic E-state index is 11.1. The van der Waals surface area contributed by atoms with Crippen molar-refractivity contribution < 1.29 is 9.90 Å². The number of nitrogens with zero attached hydrogens (tertiary/aromatic N) is 8. The number of rotatable bonds is 3. The van der Waals surface area contributed by atoms with E-state index in [4.69, 9.17) is 5.11 Å². The van der Waals surface area contributed by atoms with Crippen molar-refractivity contribution in [1.82, 2.24) is 29.0 Å². The Morgan fingerprint density at radius 2 is 1.84 bits per heavy atom. The summed E-state index contributed by atoms with van der Waals surface area (Å²) >= 11 is 0. The van der Waals surface area contributed by atoms with Gasteiger partial charge in [-0.25, -0.2) is 14.8 Å². The normalized spacial score (nSPS) is 14.0. The van der Waals surface area contributed by atoms with Crippen LogP contribution >= 0.6 is 0 Å². The first-order chi connectivity index (χ1) is 15.5. The Bertz CT molecular complexity index is 1340. The molecule has 1 N–H and O–H groups in total. The smallest absolute Gasteiger partial charge is 0.407 e. The molecule has 0 saturated carbocycles. The molecule has 0 spiro atoms. The zero-order valence-corrected chi connectivity index (χ0v) is 17.4. The third kappa shape index (κ3) is 3.39. The summed E-state index contributed by atoms with van der Waals surface area (Å²) in [6.45, 7) is 2.10. The molecule has 0 aromatic carbocycles. The van der Waals surface area contributed by atoms with Crippen molar-refractivity contribution in [3.8, 4) is 28.5 Å². The van der Waals surface area contributed by atoms with Gasteiger partial charge in [-0.15, -0.1) is 0 Å². The lowest BCUT2D eigenvalue weighted by Gasteiger charge is -2.33. The number of hydrogen-bond acceptors (Lipinski definition) is 6. The number of nitriles is 1. The Morgan fingerprint density at radius 1 is 1.03 bits per heavy atom. The van der Waals surface area contributed by atoms with Crippen molar-refractivity contribution in [2.45, 2.75) is 0 Å². The average Bonchev–Trinajstić information content (AvgIpc) is 3.44. The Balaban J connectivity index is 1.52. The van der Waals surface area contributed by atoms with Gasteiger partial charge >= 0.3 is 6.09 Å². The number of amides is 1. The third-order valence-corrected chi connectivity index (χ3v) is 5.68. The zero-order chi connectivity index (χ0) is 22.2. The molecule has 0 unspecified atom stereocenters. The summed E-state index contributed by atoms with van der Waals surface area (Å²) in [7, 11) is 1.87. The number of carboxylic acid groups (broad SMARTS) is 1. The second-order valence-corrected chi connectivity index (χ2v) is 7.64. The summed E-state index contributed by atoms with van der Waals surface area (Å²) in [6.07, 6.45) is 6.18. The predicted octanol–water partition coefficient (Wildman–Crippen LogP) is 2.47. The largest absolute Gasteiger partial charge is 0.465 e. The number of hydrogen-bond donors (Lipinski definition) is 1. The van der Waals surface area contributed by atoms with Gasteiger partial charge in [0.1, 0.15) is 23.2 Å². The molecule has 1 aliphatic heterocycles. The second-order valence-electron chi connectivity index (χ2n) is 7.64. The van der Waals surface area contributed by atoms with Crippen LogP contribution in [0, 0.1) is 11.3 Å². The van der Waals surface area contributed by atoms with E-state index >= 15 is 0 Å². The number of pyridine rings is 2. The molecular weight excluding hydrogens is 408 g/mol. The summed E-state index contributed by atoms with van der Waals surface area (Å²) in [6, 6.07) is 10.0. The number of carbonyl (C=O) groups is 1. The first-order valence-corrected chi connectivity index (χ1v) is 10.1. The molecule has 0 bridgehead atoms. The minimum atomic E-state index is -0.890. The number of aromatic nitrogens is 5. The molecule has 10 heteroatoms. The van der Waals surface area contributed by atoms with E-state index in [0.717, 1.165) is 28.2 Å². The van der Waals surface area contributed by atoms with E-state index in [-0.39, 0.29) is 0 Å². The quantitative estimate of drug-likeness (QED) is 0.533. The molecule has 1 amide bonds. The summed E-state index contributed by atoms with van der Waals surface area (Å²) in [5.74, 6) is 0.796. The van der Waals surface area contributed by atoms with Gasteiger partial charge in [0.05, 0.1) is 18.1 Å². The van der Waals surface area contributed by atoms with Gasteiger partial charge in [-0.1, -0.05) is 0 Å². The number of imidazole rings is 1. The van der Waals surface area contributed by atoms with Gasteiger partial charge in [-0.3, -0.25) is 9.08 Å². The summed E-state index contributed by atoms with van der Waals surface area (Å²) in [4.78, 5) is 23.6. The standard InChI is InChI=1S/C22H20N8O2/c1-27-14-17(12-26-27)16-8-19(30-18(10-23)13-25-21(30)9-16)15-2-3-20(24-11-15)28-4-6-29(7-5-28)22(31)32/h2-3,8-9,11-14H,4-7H2,1H3,(H,31,32). The molecule has 10 nitrogen and oxygen atoms in total. The molecule has 1 aliphatic rings. The van der Waals surface area contributed by atoms with E-state index < -0.39 is 6.09 Å². The van der Waals surface area contributed by atoms with Crippen LogP contribution in [-0.2, 0) is 7.05 Å². The maximum Gasteiger partial charge on any atom is 0.407 e. The highest BCUT2D eigenvalue weighted by atomic mass is 16.4. The average molecular weight is 428 g/mol. The van der Waals surface area contributed by atoms with Crippen LogP contribution in [0.15, 0.2) is 49.1 Å². The Labute approximate surface area is 183 Å². The summed E-state index contributed by atoms with van der Waals surface area (Å²) < 4.78 is 3.56. The minimum Gasteiger partial charge on any atom is -0.465 e. The highest BCUT2D eigenvalue weighted by Crippen LogP contribution is 2.30. The van der Waals surface area contributed by atoms with Crippen LogP contribution in [-0.4, -0.2) is 66.4 Å². The van der Waals surface area contributed by atoms with Crippen LogP contribution in [0.4, 0.5) is 10.6 Å². The molecule has 1 saturated heterocycles. The first-order valence-electron chi connectivity index (χ1n) is 10.1. The Hall–Kier alpha value is -4.39. The third-order valence-electron chi connectivity index (χ3n) is 5.68. The van der Waals surface area contributed by atoms with Gasteiger partial charge < -0.3 is 14.9 Å². The molecule has 0 aliphatic carbocycles. The molecule has 4 aromatic heterocycles. The van der Waals surface area contributed by atoms with Crippen molar-refractivity contribution in [3.63, 3.8) is 0 Å². The van der Waals surface area contributed by atoms with Gasteiger partial charge in [0.25, 0.3) is 0 Å². The second kappa shape index (κ2) is 7.70. The molecule has 0 radical (unpaired) electrons. The van der Waals surface area contributed by atoms with Crippen LogP contribution in [0.3, 0.4) is 0 Å². The maximum absolute atomic E-state index is 11.1. The van der Waals surface area contributed by atoms with Crippen LogP contribution < -0.4 is 4.90 Å². The molecule has 4 aromatic rings. The Kier molecular flexibility index (Phi) is 4.71. The van der Waals surface area contributed by atoms with Crippen molar-refractivity contribution in [2.75, 3.05) is 31.1 Å². The molecular formula is C22H20N8O2. The van der Waals surface area contributed by atoms with Gasteiger partial charge in [0, 0.05) is 56.7 Å². The monoisotopic (exact) mass is 428 g/mol. The van der Waals surface area contributed by atoms with Crippen molar-refractivity contribution >= 4 is 17.6 Å². The van der Waals surface area contributed by atoms with E-state index in [0.29, 0.717) is 37.5 Å². The van der Waals surface area contributed by atoms with Crippen molar-refractivity contribution in [2.24, 2.45) is 7.05 Å². The van der Waals surface area contributed by atoms with Crippen LogP contribution in [0.25, 0.3) is 28.0 Å². The lowest BCUT2D eigenvalue weighted by Crippen LogP contribution is -2.48. The molecule has 1 fully saturated rings. The van der Waals surface area contributed by atoms with E-state index in [1.807, 2.05) is 41.9 Å². The topological polar surface area (TPSA) is 116 Å². The van der Waals surface area contributed by atoms with Crippen molar-refractivity contribution in [1.29, 1.82) is 5.26 Å². The molecule has 5 rings (SSSR count). The van der Waals surface area contributed by atoms with Crippen LogP contribution in [0.5, 0.6) is 0 Å². The van der Waals surface area contributed by atoms with E-state index in [1.54, 1.807) is 23.3 Å². The highest BCUT2D eigenvalue weighted by Gasteiger charge is 2.21. The first kappa shape index (κ1) is 19.6. The fourth-order valence-electron chi connectivity index (χ4n) is 3.99. The van der Waals surface area contributed by atoms with Gasteiger partial charge in [0.15, 0.2) is 0 Å². The highest BCUT2D eigenvalue weighted by molar-refractivity contribution is 5.76. The van der Waals surface area contributed by atoms with E-state index in [2.05, 4.69) is 26.0 Å². The van der Waals surface area contributed by atoms with Gasteiger partial charge in [-0.05, 0) is 29.8 Å². The summed E-state index contributed by atoms with van der Waals surface area (Å²) in [5.41, 5.74) is 4.69. The van der Waals surface area contributed by atoms with Gasteiger partial charge in [-0.2, -0.15) is 10.4 Å². The molecule has 32 heavy (non-hydrogen) atoms. The van der Waals surface area contributed by atoms with Crippen LogP contribution in [0.1, 0.15) is 5.69 Å². The SMILES string of the molecule is Cn1cc(-c2cc(-c3ccc(N4CCN(C(=O)O)CC4)nc3)n3c(C#N)cnc3c2)cn1. The number of fused-ring (bicyclic) bond motifs is 1. The number of anilines is 1. The van der Waals surface area contributed by atoms with Crippen molar-refractivity contribution in [3.05, 3.63) is 54.7 Å². The fraction of sp³-hybridized carbons (Fsp3) is 0.227. The predicted molar refractivity (Wildman–Crippen MR) is 117 cm³/mol. The zero-order valence-electron chi connectivity index (χ0n) is 17.4. The van der Waals surface area contributed by atoms with E-state index in [9.17, 15) is 10.1 Å². The summed E-state index contributed by atoms with van der Waals surface area (Å²) in [5, 5.41) is 23.0. The minimum absolute atomic E-state index is 0.446. The van der Waals surface area contributed by atoms with Gasteiger partial charge in [0.2, 0.25) is 0 Å².